The monoisotopic (exact) mass is 238 g/mol. The van der Waals surface area contributed by atoms with Crippen molar-refractivity contribution in [1.29, 1.82) is 0 Å². The number of nitrogens with two attached hydrogens (primary N) is 1. The van der Waals surface area contributed by atoms with Gasteiger partial charge in [-0.05, 0) is 31.0 Å². The molecule has 16 heavy (non-hydrogen) atoms. The minimum absolute atomic E-state index is 0.0962. The molecule has 86 valence electrons. The van der Waals surface area contributed by atoms with Crippen molar-refractivity contribution in [3.63, 3.8) is 0 Å². The van der Waals surface area contributed by atoms with Crippen molar-refractivity contribution in [2.75, 3.05) is 5.73 Å². The van der Waals surface area contributed by atoms with E-state index >= 15 is 0 Å². The smallest absolute Gasteiger partial charge is 0.253 e. The number of hydrogen-bond donors (Lipinski definition) is 2. The van der Waals surface area contributed by atoms with Gasteiger partial charge in [0.15, 0.2) is 0 Å². The number of carbonyl (C=O) groups excluding carboxylic acids is 1. The summed E-state index contributed by atoms with van der Waals surface area (Å²) in [4.78, 5) is 11.9. The Morgan fingerprint density at radius 1 is 1.38 bits per heavy atom. The second-order valence-electron chi connectivity index (χ2n) is 4.19. The first kappa shape index (κ1) is 11.3. The predicted molar refractivity (Wildman–Crippen MR) is 65.6 cm³/mol. The summed E-state index contributed by atoms with van der Waals surface area (Å²) in [6.07, 6.45) is 4.53. The third kappa shape index (κ3) is 2.47. The van der Waals surface area contributed by atoms with Crippen LogP contribution in [0.15, 0.2) is 18.2 Å². The Morgan fingerprint density at radius 3 is 2.69 bits per heavy atom. The van der Waals surface area contributed by atoms with Gasteiger partial charge >= 0.3 is 0 Å². The number of carbonyl (C=O) groups is 1. The molecule has 0 bridgehead atoms. The van der Waals surface area contributed by atoms with Gasteiger partial charge in [-0.25, -0.2) is 0 Å². The number of rotatable bonds is 2. The Balaban J connectivity index is 2.08. The Labute approximate surface area is 100.0 Å². The highest BCUT2D eigenvalue weighted by Crippen LogP contribution is 2.21. The van der Waals surface area contributed by atoms with Crippen LogP contribution < -0.4 is 11.1 Å². The second-order valence-corrected chi connectivity index (χ2v) is 4.62. The molecule has 1 aromatic carbocycles. The van der Waals surface area contributed by atoms with E-state index in [0.717, 1.165) is 12.8 Å². The van der Waals surface area contributed by atoms with Crippen molar-refractivity contribution in [3.05, 3.63) is 28.8 Å². The fraction of sp³-hybridized carbons (Fsp3) is 0.417. The molecule has 3 N–H and O–H groups in total. The molecule has 4 heteroatoms. The van der Waals surface area contributed by atoms with Gasteiger partial charge in [0, 0.05) is 16.8 Å². The van der Waals surface area contributed by atoms with E-state index in [4.69, 9.17) is 17.3 Å². The highest BCUT2D eigenvalue weighted by atomic mass is 35.5. The van der Waals surface area contributed by atoms with Gasteiger partial charge in [-0.1, -0.05) is 24.4 Å². The molecule has 1 aliphatic carbocycles. The Morgan fingerprint density at radius 2 is 2.06 bits per heavy atom. The molecular weight excluding hydrogens is 224 g/mol. The van der Waals surface area contributed by atoms with Crippen molar-refractivity contribution < 1.29 is 4.79 Å². The van der Waals surface area contributed by atoms with E-state index in [2.05, 4.69) is 5.32 Å². The first-order valence-corrected chi connectivity index (χ1v) is 5.90. The molecule has 0 radical (unpaired) electrons. The molecule has 1 aliphatic rings. The first-order chi connectivity index (χ1) is 7.66. The van der Waals surface area contributed by atoms with E-state index in [9.17, 15) is 4.79 Å². The lowest BCUT2D eigenvalue weighted by atomic mass is 10.1. The van der Waals surface area contributed by atoms with Gasteiger partial charge < -0.3 is 11.1 Å². The van der Waals surface area contributed by atoms with E-state index in [1.807, 2.05) is 0 Å². The molecule has 1 saturated carbocycles. The van der Waals surface area contributed by atoms with Crippen LogP contribution in [0.3, 0.4) is 0 Å². The number of amides is 1. The zero-order valence-electron chi connectivity index (χ0n) is 9.00. The molecular formula is C12H15ClN2O. The Bertz CT molecular complexity index is 400. The number of halogens is 1. The minimum Gasteiger partial charge on any atom is -0.398 e. The average molecular weight is 239 g/mol. The summed E-state index contributed by atoms with van der Waals surface area (Å²) in [5.41, 5.74) is 6.70. The summed E-state index contributed by atoms with van der Waals surface area (Å²) < 4.78 is 0. The maximum Gasteiger partial charge on any atom is 0.253 e. The normalized spacial score (nSPS) is 16.3. The van der Waals surface area contributed by atoms with Crippen LogP contribution in [-0.2, 0) is 0 Å². The van der Waals surface area contributed by atoms with Gasteiger partial charge in [-0.15, -0.1) is 0 Å². The fourth-order valence-corrected chi connectivity index (χ4v) is 2.25. The van der Waals surface area contributed by atoms with Crippen LogP contribution in [0.25, 0.3) is 0 Å². The lowest BCUT2D eigenvalue weighted by Crippen LogP contribution is -2.33. The standard InChI is InChI=1S/C12H15ClN2O/c13-8-5-6-10(11(14)7-8)12(16)15-9-3-1-2-4-9/h5-7,9H,1-4,14H2,(H,15,16). The second kappa shape index (κ2) is 4.74. The minimum atomic E-state index is -0.0962. The topological polar surface area (TPSA) is 55.1 Å². The number of nitrogen functional groups attached to an aromatic ring is 1. The number of anilines is 1. The fourth-order valence-electron chi connectivity index (χ4n) is 2.07. The van der Waals surface area contributed by atoms with Crippen molar-refractivity contribution in [1.82, 2.24) is 5.32 Å². The van der Waals surface area contributed by atoms with Gasteiger partial charge in [0.1, 0.15) is 0 Å². The van der Waals surface area contributed by atoms with E-state index in [0.29, 0.717) is 22.3 Å². The Hall–Kier alpha value is -1.22. The zero-order valence-corrected chi connectivity index (χ0v) is 9.76. The van der Waals surface area contributed by atoms with Gasteiger partial charge in [-0.2, -0.15) is 0 Å². The first-order valence-electron chi connectivity index (χ1n) is 5.52. The largest absolute Gasteiger partial charge is 0.398 e. The SMILES string of the molecule is Nc1cc(Cl)ccc1C(=O)NC1CCCC1. The molecule has 1 aromatic rings. The molecule has 0 unspecified atom stereocenters. The third-order valence-electron chi connectivity index (χ3n) is 2.95. The highest BCUT2D eigenvalue weighted by molar-refractivity contribution is 6.31. The Kier molecular flexibility index (Phi) is 3.34. The summed E-state index contributed by atoms with van der Waals surface area (Å²) in [5, 5.41) is 3.54. The van der Waals surface area contributed by atoms with Gasteiger partial charge in [0.05, 0.1) is 5.56 Å². The quantitative estimate of drug-likeness (QED) is 0.779. The molecule has 0 spiro atoms. The van der Waals surface area contributed by atoms with Crippen LogP contribution in [0.2, 0.25) is 5.02 Å². The number of hydrogen-bond acceptors (Lipinski definition) is 2. The number of nitrogens with one attached hydrogen (secondary N) is 1. The lowest BCUT2D eigenvalue weighted by molar-refractivity contribution is 0.0939. The van der Waals surface area contributed by atoms with Gasteiger partial charge in [0.25, 0.3) is 5.91 Å². The molecule has 1 amide bonds. The molecule has 0 atom stereocenters. The highest BCUT2D eigenvalue weighted by Gasteiger charge is 2.18. The van der Waals surface area contributed by atoms with E-state index < -0.39 is 0 Å². The summed E-state index contributed by atoms with van der Waals surface area (Å²) in [6, 6.07) is 5.26. The van der Waals surface area contributed by atoms with E-state index in [1.54, 1.807) is 18.2 Å². The molecule has 0 saturated heterocycles. The van der Waals surface area contributed by atoms with Crippen LogP contribution in [0.5, 0.6) is 0 Å². The molecule has 0 aromatic heterocycles. The summed E-state index contributed by atoms with van der Waals surface area (Å²) in [6.45, 7) is 0. The summed E-state index contributed by atoms with van der Waals surface area (Å²) in [7, 11) is 0. The van der Waals surface area contributed by atoms with Crippen LogP contribution in [0.1, 0.15) is 36.0 Å². The maximum atomic E-state index is 11.9. The summed E-state index contributed by atoms with van der Waals surface area (Å²) >= 11 is 5.78. The van der Waals surface area contributed by atoms with E-state index in [1.165, 1.54) is 12.8 Å². The molecule has 2 rings (SSSR count). The maximum absolute atomic E-state index is 11.9. The average Bonchev–Trinajstić information content (AvgIpc) is 2.70. The van der Waals surface area contributed by atoms with Crippen LogP contribution in [0.4, 0.5) is 5.69 Å². The van der Waals surface area contributed by atoms with Gasteiger partial charge in [-0.3, -0.25) is 4.79 Å². The van der Waals surface area contributed by atoms with Crippen LogP contribution in [-0.4, -0.2) is 11.9 Å². The van der Waals surface area contributed by atoms with Gasteiger partial charge in [0.2, 0.25) is 0 Å². The van der Waals surface area contributed by atoms with E-state index in [-0.39, 0.29) is 5.91 Å². The zero-order chi connectivity index (χ0) is 11.5. The lowest BCUT2D eigenvalue weighted by Gasteiger charge is -2.13. The molecule has 1 fully saturated rings. The molecule has 0 heterocycles. The third-order valence-corrected chi connectivity index (χ3v) is 3.18. The molecule has 3 nitrogen and oxygen atoms in total. The van der Waals surface area contributed by atoms with Crippen molar-refractivity contribution in [2.45, 2.75) is 31.7 Å². The van der Waals surface area contributed by atoms with Crippen molar-refractivity contribution in [3.8, 4) is 0 Å². The predicted octanol–water partition coefficient (Wildman–Crippen LogP) is 2.59. The van der Waals surface area contributed by atoms with Crippen molar-refractivity contribution >= 4 is 23.2 Å². The van der Waals surface area contributed by atoms with Crippen molar-refractivity contribution in [2.24, 2.45) is 0 Å². The summed E-state index contributed by atoms with van der Waals surface area (Å²) in [5.74, 6) is -0.0962. The van der Waals surface area contributed by atoms with Crippen LogP contribution in [0, 0.1) is 0 Å². The number of benzene rings is 1. The van der Waals surface area contributed by atoms with Crippen LogP contribution >= 0.6 is 11.6 Å². The molecule has 0 aliphatic heterocycles.